The molecule has 8 atom stereocenters. The topological polar surface area (TPSA) is 288 Å². The van der Waals surface area contributed by atoms with Gasteiger partial charge in [-0.15, -0.1) is 0 Å². The Balaban J connectivity index is 1.42. The minimum absolute atomic E-state index is 0.0303. The zero-order valence-corrected chi connectivity index (χ0v) is 36.4. The molecule has 2 aromatic rings. The number of rotatable bonds is 25. The first-order valence-corrected chi connectivity index (χ1v) is 22.5. The molecule has 1 heterocycles. The van der Waals surface area contributed by atoms with E-state index in [1.807, 2.05) is 44.3 Å². The third-order valence-electron chi connectivity index (χ3n) is 12.1. The summed E-state index contributed by atoms with van der Waals surface area (Å²) in [5, 5.41) is 34.4. The molecule has 2 aliphatic rings. The minimum Gasteiger partial charge on any atom is -0.481 e. The molecule has 1 aromatic heterocycles. The van der Waals surface area contributed by atoms with Crippen LogP contribution in [0.4, 0.5) is 0 Å². The molecular weight excluding hydrogens is 797 g/mol. The van der Waals surface area contributed by atoms with Crippen molar-refractivity contribution < 1.29 is 43.8 Å². The summed E-state index contributed by atoms with van der Waals surface area (Å²) in [6.45, 7) is 4.43. The Morgan fingerprint density at radius 1 is 0.710 bits per heavy atom. The molecule has 0 aliphatic heterocycles. The number of para-hydroxylation sites is 1. The molecule has 0 saturated heterocycles. The SMILES string of the molecule is CC(C)C[C@@H](CC(=O)N[C@@H](CCCN)CC(=O)N[C@@H]1CCCC[C@H]1C(=O)N[C@H](CC(=O)N[C@@H](CCC(=O)O)CC(=O)O)Cc1c[nH]c2ccccc12)NC(=O)[C@@H]1CCCC[C@H]1N. The Morgan fingerprint density at radius 2 is 1.31 bits per heavy atom. The number of carboxylic acid groups (broad SMARTS) is 2. The summed E-state index contributed by atoms with van der Waals surface area (Å²) in [6.07, 6.45) is 8.78. The summed E-state index contributed by atoms with van der Waals surface area (Å²) in [5.74, 6) is -4.55. The summed E-state index contributed by atoms with van der Waals surface area (Å²) in [4.78, 5) is 93.9. The molecule has 17 heteroatoms. The molecule has 5 amide bonds. The lowest BCUT2D eigenvalue weighted by molar-refractivity contribution is -0.140. The van der Waals surface area contributed by atoms with Crippen molar-refractivity contribution in [2.45, 2.75) is 166 Å². The molecule has 0 radical (unpaired) electrons. The Morgan fingerprint density at radius 3 is 1.97 bits per heavy atom. The van der Waals surface area contributed by atoms with Crippen LogP contribution in [0.2, 0.25) is 0 Å². The van der Waals surface area contributed by atoms with E-state index in [2.05, 4.69) is 31.6 Å². The minimum atomic E-state index is -1.18. The normalized spacial score (nSPS) is 20.9. The van der Waals surface area contributed by atoms with Gasteiger partial charge < -0.3 is 53.2 Å². The number of benzene rings is 1. The van der Waals surface area contributed by atoms with Gasteiger partial charge in [0.25, 0.3) is 0 Å². The van der Waals surface area contributed by atoms with Gasteiger partial charge >= 0.3 is 11.9 Å². The number of carboxylic acids is 2. The number of nitrogens with one attached hydrogen (secondary N) is 6. The smallest absolute Gasteiger partial charge is 0.305 e. The van der Waals surface area contributed by atoms with Crippen LogP contribution >= 0.6 is 0 Å². The average Bonchev–Trinajstić information content (AvgIpc) is 3.61. The van der Waals surface area contributed by atoms with Gasteiger partial charge in [0.15, 0.2) is 0 Å². The predicted molar refractivity (Wildman–Crippen MR) is 234 cm³/mol. The maximum Gasteiger partial charge on any atom is 0.305 e. The van der Waals surface area contributed by atoms with Crippen LogP contribution in [-0.4, -0.2) is 99.5 Å². The van der Waals surface area contributed by atoms with E-state index in [0.29, 0.717) is 38.6 Å². The van der Waals surface area contributed by atoms with Gasteiger partial charge in [-0.25, -0.2) is 0 Å². The predicted octanol–water partition coefficient (Wildman–Crippen LogP) is 3.14. The Bertz CT molecular complexity index is 1820. The lowest BCUT2D eigenvalue weighted by Gasteiger charge is -2.33. The van der Waals surface area contributed by atoms with Crippen LogP contribution < -0.4 is 38.1 Å². The van der Waals surface area contributed by atoms with Crippen molar-refractivity contribution in [3.63, 3.8) is 0 Å². The second-order valence-electron chi connectivity index (χ2n) is 17.8. The summed E-state index contributed by atoms with van der Waals surface area (Å²) >= 11 is 0. The molecule has 2 fully saturated rings. The molecule has 4 rings (SSSR count). The maximum atomic E-state index is 14.1. The second kappa shape index (κ2) is 25.2. The molecule has 0 spiro atoms. The van der Waals surface area contributed by atoms with E-state index in [1.54, 1.807) is 0 Å². The second-order valence-corrected chi connectivity index (χ2v) is 17.8. The molecule has 12 N–H and O–H groups in total. The van der Waals surface area contributed by atoms with Crippen molar-refractivity contribution >= 4 is 52.4 Å². The number of carbonyl (C=O) groups is 7. The quantitative estimate of drug-likeness (QED) is 0.0692. The van der Waals surface area contributed by atoms with E-state index in [1.165, 1.54) is 0 Å². The number of aromatic nitrogens is 1. The zero-order chi connectivity index (χ0) is 45.2. The summed E-state index contributed by atoms with van der Waals surface area (Å²) < 4.78 is 0. The molecular formula is C45H70N8O9. The average molecular weight is 867 g/mol. The monoisotopic (exact) mass is 867 g/mol. The van der Waals surface area contributed by atoms with Crippen molar-refractivity contribution in [1.82, 2.24) is 31.6 Å². The van der Waals surface area contributed by atoms with Gasteiger partial charge in [0.1, 0.15) is 0 Å². The molecule has 17 nitrogen and oxygen atoms in total. The van der Waals surface area contributed by atoms with E-state index in [4.69, 9.17) is 16.6 Å². The van der Waals surface area contributed by atoms with Gasteiger partial charge in [-0.3, -0.25) is 33.6 Å². The largest absolute Gasteiger partial charge is 0.481 e. The number of amides is 5. The highest BCUT2D eigenvalue weighted by atomic mass is 16.4. The molecule has 0 unspecified atom stereocenters. The fourth-order valence-corrected chi connectivity index (χ4v) is 9.06. The summed E-state index contributed by atoms with van der Waals surface area (Å²) in [5.41, 5.74) is 13.8. The van der Waals surface area contributed by atoms with Crippen LogP contribution in [0.25, 0.3) is 10.9 Å². The number of carbonyl (C=O) groups excluding carboxylic acids is 5. The van der Waals surface area contributed by atoms with Gasteiger partial charge in [-0.1, -0.05) is 57.7 Å². The number of aliphatic carboxylic acids is 2. The van der Waals surface area contributed by atoms with E-state index in [-0.39, 0.29) is 80.0 Å². The third-order valence-corrected chi connectivity index (χ3v) is 12.1. The standard InChI is InChI=1S/C45H70N8O9/c1-27(2)20-31(51-44(61)34-12-3-6-14-36(34)47)23-39(54)49-29(10-9-19-46)22-41(56)53-38-16-8-5-13-35(38)45(62)52-32(21-28-26-48-37-15-7-4-11-33(28)37)24-40(55)50-30(25-43(59)60)17-18-42(57)58/h4,7,11,15,26-27,29-32,34-36,38,48H,3,5-6,8-10,12-14,16-25,46-47H2,1-2H3,(H,49,54)(H,50,55)(H,51,61)(H,52,62)(H,53,56)(H,57,58)(H,59,60)/t29-,30-,31-,32-,34+,35+,36+,38+/m0/s1. The summed E-state index contributed by atoms with van der Waals surface area (Å²) in [7, 11) is 0. The number of fused-ring (bicyclic) bond motifs is 1. The van der Waals surface area contributed by atoms with Crippen molar-refractivity contribution in [2.75, 3.05) is 6.54 Å². The van der Waals surface area contributed by atoms with Crippen molar-refractivity contribution in [3.8, 4) is 0 Å². The van der Waals surface area contributed by atoms with Crippen molar-refractivity contribution in [1.29, 1.82) is 0 Å². The first-order chi connectivity index (χ1) is 29.6. The number of hydrogen-bond donors (Lipinski definition) is 10. The fraction of sp³-hybridized carbons (Fsp3) is 0.667. The van der Waals surface area contributed by atoms with Crippen molar-refractivity contribution in [2.24, 2.45) is 29.2 Å². The van der Waals surface area contributed by atoms with Gasteiger partial charge in [-0.05, 0) is 81.9 Å². The molecule has 1 aromatic carbocycles. The van der Waals surface area contributed by atoms with Crippen LogP contribution in [0, 0.1) is 17.8 Å². The highest BCUT2D eigenvalue weighted by molar-refractivity contribution is 5.86. The van der Waals surface area contributed by atoms with Crippen LogP contribution in [0.15, 0.2) is 30.5 Å². The first-order valence-electron chi connectivity index (χ1n) is 22.5. The maximum absolute atomic E-state index is 14.1. The van der Waals surface area contributed by atoms with E-state index in [9.17, 15) is 38.7 Å². The Hall–Kier alpha value is -5.03. The molecule has 2 saturated carbocycles. The summed E-state index contributed by atoms with van der Waals surface area (Å²) in [6, 6.07) is 4.37. The van der Waals surface area contributed by atoms with E-state index < -0.39 is 60.4 Å². The number of nitrogens with two attached hydrogens (primary N) is 2. The third kappa shape index (κ3) is 16.7. The van der Waals surface area contributed by atoms with Gasteiger partial charge in [0.05, 0.1) is 18.3 Å². The highest BCUT2D eigenvalue weighted by Crippen LogP contribution is 2.27. The lowest BCUT2D eigenvalue weighted by Crippen LogP contribution is -2.52. The molecule has 62 heavy (non-hydrogen) atoms. The zero-order valence-electron chi connectivity index (χ0n) is 36.4. The number of aromatic amines is 1. The van der Waals surface area contributed by atoms with Crippen LogP contribution in [-0.2, 0) is 40.0 Å². The molecule has 344 valence electrons. The van der Waals surface area contributed by atoms with Gasteiger partial charge in [0, 0.05) is 79.0 Å². The Kier molecular flexibility index (Phi) is 20.1. The highest BCUT2D eigenvalue weighted by Gasteiger charge is 2.35. The lowest BCUT2D eigenvalue weighted by atomic mass is 9.83. The molecule has 2 aliphatic carbocycles. The fourth-order valence-electron chi connectivity index (χ4n) is 9.06. The van der Waals surface area contributed by atoms with E-state index in [0.717, 1.165) is 55.0 Å². The van der Waals surface area contributed by atoms with Gasteiger partial charge in [-0.2, -0.15) is 0 Å². The van der Waals surface area contributed by atoms with Crippen molar-refractivity contribution in [3.05, 3.63) is 36.0 Å². The number of H-pyrrole nitrogens is 1. The van der Waals surface area contributed by atoms with E-state index >= 15 is 0 Å². The van der Waals surface area contributed by atoms with Gasteiger partial charge in [0.2, 0.25) is 29.5 Å². The molecule has 0 bridgehead atoms. The number of hydrogen-bond acceptors (Lipinski definition) is 9. The van der Waals surface area contributed by atoms with Crippen LogP contribution in [0.5, 0.6) is 0 Å². The van der Waals surface area contributed by atoms with Crippen LogP contribution in [0.1, 0.15) is 129 Å². The first kappa shape index (κ1) is 49.6. The Labute approximate surface area is 364 Å². The van der Waals surface area contributed by atoms with Crippen LogP contribution in [0.3, 0.4) is 0 Å².